The van der Waals surface area contributed by atoms with Crippen LogP contribution < -0.4 is 4.90 Å². The van der Waals surface area contributed by atoms with Gasteiger partial charge in [0.2, 0.25) is 0 Å². The lowest BCUT2D eigenvalue weighted by Crippen LogP contribution is -2.09. The molecule has 0 radical (unpaired) electrons. The van der Waals surface area contributed by atoms with Gasteiger partial charge in [-0.2, -0.15) is 0 Å². The molecule has 0 spiro atoms. The smallest absolute Gasteiger partial charge is 0.0645 e. The van der Waals surface area contributed by atoms with Gasteiger partial charge in [0, 0.05) is 33.4 Å². The number of hydrogen-bond acceptors (Lipinski definition) is 1. The molecule has 2 heteroatoms. The largest absolute Gasteiger partial charge is 0.311 e. The lowest BCUT2D eigenvalue weighted by Gasteiger charge is -2.26. The van der Waals surface area contributed by atoms with E-state index in [0.717, 1.165) is 54.8 Å². The summed E-state index contributed by atoms with van der Waals surface area (Å²) in [6, 6.07) is 59.2. The first-order valence-corrected chi connectivity index (χ1v) is 19.9. The fraction of sp³-hybridized carbons (Fsp3) is 0. The molecule has 60 heavy (non-hydrogen) atoms. The molecule has 282 valence electrons. The molecule has 0 saturated carbocycles. The zero-order valence-electron chi connectivity index (χ0n) is 40.4. The molecular formula is C58H40N2. The first-order chi connectivity index (χ1) is 33.1. The van der Waals surface area contributed by atoms with Gasteiger partial charge in [0.05, 0.1) is 27.7 Å². The van der Waals surface area contributed by atoms with Gasteiger partial charge in [0.15, 0.2) is 0 Å². The molecular weight excluding hydrogens is 725 g/mol. The topological polar surface area (TPSA) is 8.17 Å². The van der Waals surface area contributed by atoms with Crippen molar-refractivity contribution >= 4 is 49.6 Å². The highest BCUT2D eigenvalue weighted by molar-refractivity contribution is 6.09. The summed E-state index contributed by atoms with van der Waals surface area (Å²) < 4.78 is 79.2. The molecule has 0 aliphatic carbocycles. The summed E-state index contributed by atoms with van der Waals surface area (Å²) in [6.07, 6.45) is 0. The Labute approximate surface area is 361 Å². The third kappa shape index (κ3) is 6.32. The van der Waals surface area contributed by atoms with Gasteiger partial charge in [-0.15, -0.1) is 0 Å². The van der Waals surface area contributed by atoms with Crippen LogP contribution >= 0.6 is 0 Å². The van der Waals surface area contributed by atoms with E-state index in [1.165, 1.54) is 4.90 Å². The van der Waals surface area contributed by atoms with Gasteiger partial charge >= 0.3 is 0 Å². The third-order valence-electron chi connectivity index (χ3n) is 11.2. The molecule has 0 atom stereocenters. The second-order valence-electron chi connectivity index (χ2n) is 14.7. The van der Waals surface area contributed by atoms with Crippen molar-refractivity contribution in [3.05, 3.63) is 242 Å². The highest BCUT2D eigenvalue weighted by Gasteiger charge is 2.17. The normalized spacial score (nSPS) is 13.2. The van der Waals surface area contributed by atoms with Crippen molar-refractivity contribution in [2.75, 3.05) is 4.90 Å². The summed E-state index contributed by atoms with van der Waals surface area (Å²) in [5.41, 5.74) is 7.37. The van der Waals surface area contributed by atoms with E-state index in [-0.39, 0.29) is 46.7 Å². The summed E-state index contributed by atoms with van der Waals surface area (Å²) in [4.78, 5) is 1.36. The van der Waals surface area contributed by atoms with Crippen molar-refractivity contribution in [1.29, 1.82) is 0 Å². The van der Waals surface area contributed by atoms with Gasteiger partial charge in [-0.3, -0.25) is 0 Å². The van der Waals surface area contributed by atoms with Gasteiger partial charge in [-0.25, -0.2) is 0 Å². The van der Waals surface area contributed by atoms with Crippen LogP contribution in [-0.2, 0) is 0 Å². The number of rotatable bonds is 8. The van der Waals surface area contributed by atoms with Crippen LogP contribution in [0, 0.1) is 0 Å². The molecule has 10 aromatic carbocycles. The zero-order chi connectivity index (χ0) is 46.8. The number of anilines is 3. The minimum Gasteiger partial charge on any atom is -0.311 e. The fourth-order valence-electron chi connectivity index (χ4n) is 8.27. The van der Waals surface area contributed by atoms with Crippen LogP contribution in [0.1, 0.15) is 11.0 Å². The van der Waals surface area contributed by atoms with Crippen molar-refractivity contribution in [3.63, 3.8) is 0 Å². The van der Waals surface area contributed by atoms with Crippen molar-refractivity contribution in [3.8, 4) is 50.2 Å². The Bertz CT molecular complexity index is 3660. The van der Waals surface area contributed by atoms with Crippen LogP contribution in [0.4, 0.5) is 17.1 Å². The second kappa shape index (κ2) is 15.1. The quantitative estimate of drug-likeness (QED) is 0.149. The average Bonchev–Trinajstić information content (AvgIpc) is 3.72. The van der Waals surface area contributed by atoms with Gasteiger partial charge < -0.3 is 9.47 Å². The Morgan fingerprint density at radius 1 is 0.300 bits per heavy atom. The predicted molar refractivity (Wildman–Crippen MR) is 255 cm³/mol. The van der Waals surface area contributed by atoms with E-state index in [1.54, 1.807) is 30.3 Å². The Hall–Kier alpha value is -7.94. The van der Waals surface area contributed by atoms with Crippen molar-refractivity contribution in [2.24, 2.45) is 0 Å². The highest BCUT2D eigenvalue weighted by atomic mass is 15.1. The Kier molecular flexibility index (Phi) is 6.96. The molecule has 0 aliphatic rings. The predicted octanol–water partition coefficient (Wildman–Crippen LogP) is 16.1. The first kappa shape index (κ1) is 27.7. The van der Waals surface area contributed by atoms with E-state index in [0.29, 0.717) is 22.5 Å². The van der Waals surface area contributed by atoms with E-state index < -0.39 is 24.2 Å². The monoisotopic (exact) mass is 772 g/mol. The Morgan fingerprint density at radius 2 is 0.767 bits per heavy atom. The number of hydrogen-bond donors (Lipinski definition) is 0. The molecule has 0 N–H and O–H groups in total. The van der Waals surface area contributed by atoms with Gasteiger partial charge in [0.1, 0.15) is 0 Å². The average molecular weight is 773 g/mol. The van der Waals surface area contributed by atoms with Gasteiger partial charge in [-0.05, 0) is 104 Å². The molecule has 0 unspecified atom stereocenters. The summed E-state index contributed by atoms with van der Waals surface area (Å²) in [5, 5.41) is 4.18. The fourth-order valence-corrected chi connectivity index (χ4v) is 8.27. The maximum Gasteiger partial charge on any atom is 0.0645 e. The van der Waals surface area contributed by atoms with Crippen LogP contribution in [-0.4, -0.2) is 4.57 Å². The molecule has 11 rings (SSSR count). The summed E-state index contributed by atoms with van der Waals surface area (Å²) in [6.45, 7) is 0. The number of aromatic nitrogens is 1. The van der Waals surface area contributed by atoms with E-state index in [4.69, 9.17) is 0 Å². The summed E-state index contributed by atoms with van der Waals surface area (Å²) in [7, 11) is 0. The highest BCUT2D eigenvalue weighted by Crippen LogP contribution is 2.40. The van der Waals surface area contributed by atoms with Crippen molar-refractivity contribution in [2.45, 2.75) is 0 Å². The molecule has 2 nitrogen and oxygen atoms in total. The standard InChI is InChI=1S/C58H40N2/c1-2-13-41(14-3-1)42-25-27-43(28-26-42)44-29-35-48(36-30-44)59(49-37-31-46(32-38-49)52-21-12-16-45-15-4-5-17-51(45)52)50-39-33-47(34-40-50)53-18-6-9-22-56(53)60-57-23-10-7-19-54(57)55-20-8-11-24-58(55)60/h1-40H/i29D,30D,33D,34D,35D,36D,39D,40D. The minimum atomic E-state index is -0.409. The SMILES string of the molecule is [2H]c1c([2H])c(N(c2ccc(-c3cccc4ccccc34)cc2)c2c([2H])c([2H])c(-c3ccccc3-n3c4ccccc4c4ccccc43)c([2H])c2[2H])c([2H])c([2H])c1-c1ccc(-c2ccccc2)cc1. The Morgan fingerprint density at radius 3 is 1.43 bits per heavy atom. The number of para-hydroxylation sites is 3. The molecule has 0 saturated heterocycles. The molecule has 0 aliphatic heterocycles. The Balaban J connectivity index is 1.11. The zero-order valence-corrected chi connectivity index (χ0v) is 32.4. The van der Waals surface area contributed by atoms with Crippen LogP contribution in [0.3, 0.4) is 0 Å². The van der Waals surface area contributed by atoms with Crippen LogP contribution in [0.2, 0.25) is 0 Å². The molecule has 0 bridgehead atoms. The number of nitrogens with zero attached hydrogens (tertiary/aromatic N) is 2. The first-order valence-electron chi connectivity index (χ1n) is 23.9. The summed E-state index contributed by atoms with van der Waals surface area (Å²) in [5.74, 6) is 0. The van der Waals surface area contributed by atoms with E-state index >= 15 is 0 Å². The minimum absolute atomic E-state index is 0.0846. The van der Waals surface area contributed by atoms with Crippen molar-refractivity contribution in [1.82, 2.24) is 4.57 Å². The number of benzene rings is 10. The molecule has 1 aromatic heterocycles. The van der Waals surface area contributed by atoms with E-state index in [1.807, 2.05) is 146 Å². The van der Waals surface area contributed by atoms with Gasteiger partial charge in [0.25, 0.3) is 0 Å². The van der Waals surface area contributed by atoms with Crippen molar-refractivity contribution < 1.29 is 11.0 Å². The van der Waals surface area contributed by atoms with E-state index in [9.17, 15) is 11.0 Å². The van der Waals surface area contributed by atoms with Crippen LogP contribution in [0.5, 0.6) is 0 Å². The molecule has 0 amide bonds. The number of fused-ring (bicyclic) bond motifs is 4. The lowest BCUT2D eigenvalue weighted by atomic mass is 9.98. The van der Waals surface area contributed by atoms with Gasteiger partial charge in [-0.1, -0.05) is 188 Å². The van der Waals surface area contributed by atoms with Crippen LogP contribution in [0.15, 0.2) is 242 Å². The molecule has 1 heterocycles. The lowest BCUT2D eigenvalue weighted by molar-refractivity contribution is 1.18. The maximum atomic E-state index is 9.79. The second-order valence-corrected chi connectivity index (χ2v) is 14.7. The third-order valence-corrected chi connectivity index (χ3v) is 11.2. The summed E-state index contributed by atoms with van der Waals surface area (Å²) >= 11 is 0. The maximum absolute atomic E-state index is 9.79. The molecule has 11 aromatic rings. The molecule has 0 fully saturated rings. The van der Waals surface area contributed by atoms with E-state index in [2.05, 4.69) is 22.8 Å². The van der Waals surface area contributed by atoms with Crippen LogP contribution in [0.25, 0.3) is 82.8 Å².